The lowest BCUT2D eigenvalue weighted by Gasteiger charge is -2.05. The zero-order chi connectivity index (χ0) is 11.7. The number of benzene rings is 1. The zero-order valence-corrected chi connectivity index (χ0v) is 9.67. The number of hydrogen-bond acceptors (Lipinski definition) is 2. The summed E-state index contributed by atoms with van der Waals surface area (Å²) in [7, 11) is 0. The molecule has 17 heavy (non-hydrogen) atoms. The Morgan fingerprint density at radius 1 is 1.12 bits per heavy atom. The van der Waals surface area contributed by atoms with Crippen molar-refractivity contribution in [3.05, 3.63) is 48.8 Å². The Labute approximate surface area is 99.8 Å². The van der Waals surface area contributed by atoms with Gasteiger partial charge < -0.3 is 4.57 Å². The predicted molar refractivity (Wildman–Crippen MR) is 68.6 cm³/mol. The van der Waals surface area contributed by atoms with Crippen LogP contribution in [0.5, 0.6) is 0 Å². The van der Waals surface area contributed by atoms with Crippen LogP contribution in [0.15, 0.2) is 48.8 Å². The molecule has 0 aliphatic carbocycles. The van der Waals surface area contributed by atoms with Gasteiger partial charge in [-0.3, -0.25) is 4.98 Å². The standard InChI is InChI=1S/C14H13N3/c1-2-17-13-8-4-3-7-12(13)16-14(17)11-6-5-9-15-10-11/h3-10H,2H2,1H3. The summed E-state index contributed by atoms with van der Waals surface area (Å²) in [4.78, 5) is 8.83. The van der Waals surface area contributed by atoms with Crippen molar-refractivity contribution in [1.29, 1.82) is 0 Å². The Balaban J connectivity index is 2.30. The molecule has 0 N–H and O–H groups in total. The van der Waals surface area contributed by atoms with E-state index in [4.69, 9.17) is 0 Å². The van der Waals surface area contributed by atoms with Crippen LogP contribution in [-0.2, 0) is 6.54 Å². The van der Waals surface area contributed by atoms with Gasteiger partial charge in [0.25, 0.3) is 0 Å². The summed E-state index contributed by atoms with van der Waals surface area (Å²) in [6.07, 6.45) is 3.63. The fourth-order valence-corrected chi connectivity index (χ4v) is 2.11. The third-order valence-corrected chi connectivity index (χ3v) is 2.89. The van der Waals surface area contributed by atoms with Gasteiger partial charge >= 0.3 is 0 Å². The second kappa shape index (κ2) is 4.01. The van der Waals surface area contributed by atoms with Crippen LogP contribution < -0.4 is 0 Å². The summed E-state index contributed by atoms with van der Waals surface area (Å²) in [5, 5.41) is 0. The highest BCUT2D eigenvalue weighted by molar-refractivity contribution is 5.80. The Hall–Kier alpha value is -2.16. The largest absolute Gasteiger partial charge is 0.324 e. The van der Waals surface area contributed by atoms with Gasteiger partial charge in [-0.25, -0.2) is 4.98 Å². The Morgan fingerprint density at radius 2 is 2.00 bits per heavy atom. The molecule has 0 spiro atoms. The molecule has 0 bridgehead atoms. The van der Waals surface area contributed by atoms with E-state index in [0.717, 1.165) is 23.4 Å². The molecule has 84 valence electrons. The molecule has 0 saturated heterocycles. The molecule has 0 fully saturated rings. The van der Waals surface area contributed by atoms with Gasteiger partial charge in [0, 0.05) is 24.5 Å². The van der Waals surface area contributed by atoms with Crippen LogP contribution in [0.4, 0.5) is 0 Å². The van der Waals surface area contributed by atoms with E-state index >= 15 is 0 Å². The third kappa shape index (κ3) is 1.60. The molecule has 2 heterocycles. The van der Waals surface area contributed by atoms with Crippen molar-refractivity contribution in [1.82, 2.24) is 14.5 Å². The number of aryl methyl sites for hydroxylation is 1. The van der Waals surface area contributed by atoms with E-state index < -0.39 is 0 Å². The predicted octanol–water partition coefficient (Wildman–Crippen LogP) is 3.12. The maximum atomic E-state index is 4.68. The third-order valence-electron chi connectivity index (χ3n) is 2.89. The minimum absolute atomic E-state index is 0.907. The number of aromatic nitrogens is 3. The highest BCUT2D eigenvalue weighted by Gasteiger charge is 2.10. The van der Waals surface area contributed by atoms with Crippen LogP contribution in [0.2, 0.25) is 0 Å². The maximum Gasteiger partial charge on any atom is 0.142 e. The quantitative estimate of drug-likeness (QED) is 0.668. The van der Waals surface area contributed by atoms with Crippen LogP contribution in [0.25, 0.3) is 22.4 Å². The second-order valence-electron chi connectivity index (χ2n) is 3.91. The number of imidazole rings is 1. The second-order valence-corrected chi connectivity index (χ2v) is 3.91. The SMILES string of the molecule is CCn1c(-c2cccnc2)nc2ccccc21. The molecular weight excluding hydrogens is 210 g/mol. The first-order valence-corrected chi connectivity index (χ1v) is 5.76. The minimum atomic E-state index is 0.907. The van der Waals surface area contributed by atoms with E-state index in [1.807, 2.05) is 36.5 Å². The summed E-state index contributed by atoms with van der Waals surface area (Å²) in [5.41, 5.74) is 3.27. The lowest BCUT2D eigenvalue weighted by Crippen LogP contribution is -1.97. The van der Waals surface area contributed by atoms with Gasteiger partial charge in [-0.05, 0) is 31.2 Å². The molecule has 0 aliphatic heterocycles. The molecule has 0 radical (unpaired) electrons. The van der Waals surface area contributed by atoms with Gasteiger partial charge in [0.1, 0.15) is 5.82 Å². The molecule has 3 aromatic rings. The summed E-state index contributed by atoms with van der Waals surface area (Å²) < 4.78 is 2.21. The van der Waals surface area contributed by atoms with Gasteiger partial charge in [-0.1, -0.05) is 12.1 Å². The highest BCUT2D eigenvalue weighted by atomic mass is 15.1. The fraction of sp³-hybridized carbons (Fsp3) is 0.143. The monoisotopic (exact) mass is 223 g/mol. The van der Waals surface area contributed by atoms with Crippen LogP contribution in [0.1, 0.15) is 6.92 Å². The first kappa shape index (κ1) is 10.0. The molecule has 0 atom stereocenters. The molecule has 0 unspecified atom stereocenters. The van der Waals surface area contributed by atoms with Gasteiger partial charge in [-0.15, -0.1) is 0 Å². The number of nitrogens with zero attached hydrogens (tertiary/aromatic N) is 3. The normalized spacial score (nSPS) is 10.9. The summed E-state index contributed by atoms with van der Waals surface area (Å²) in [6.45, 7) is 3.04. The molecule has 3 heteroatoms. The number of pyridine rings is 1. The lowest BCUT2D eigenvalue weighted by molar-refractivity contribution is 0.796. The molecule has 3 nitrogen and oxygen atoms in total. The van der Waals surface area contributed by atoms with Crippen molar-refractivity contribution in [2.24, 2.45) is 0 Å². The van der Waals surface area contributed by atoms with Gasteiger partial charge in [-0.2, -0.15) is 0 Å². The molecule has 0 amide bonds. The average Bonchev–Trinajstić information content (AvgIpc) is 2.78. The van der Waals surface area contributed by atoms with Crippen molar-refractivity contribution in [3.63, 3.8) is 0 Å². The highest BCUT2D eigenvalue weighted by Crippen LogP contribution is 2.23. The van der Waals surface area contributed by atoms with Crippen LogP contribution >= 0.6 is 0 Å². The number of para-hydroxylation sites is 2. The summed E-state index contributed by atoms with van der Waals surface area (Å²) in [6, 6.07) is 12.2. The lowest BCUT2D eigenvalue weighted by atomic mass is 10.2. The van der Waals surface area contributed by atoms with Crippen molar-refractivity contribution in [2.75, 3.05) is 0 Å². The average molecular weight is 223 g/mol. The van der Waals surface area contributed by atoms with Gasteiger partial charge in [0.2, 0.25) is 0 Å². The molecule has 2 aromatic heterocycles. The number of fused-ring (bicyclic) bond motifs is 1. The van der Waals surface area contributed by atoms with E-state index in [9.17, 15) is 0 Å². The molecule has 1 aromatic carbocycles. The minimum Gasteiger partial charge on any atom is -0.324 e. The fourth-order valence-electron chi connectivity index (χ4n) is 2.11. The molecule has 3 rings (SSSR count). The first-order valence-electron chi connectivity index (χ1n) is 5.76. The van der Waals surface area contributed by atoms with Gasteiger partial charge in [0.15, 0.2) is 0 Å². The summed E-state index contributed by atoms with van der Waals surface area (Å²) >= 11 is 0. The van der Waals surface area contributed by atoms with E-state index in [-0.39, 0.29) is 0 Å². The van der Waals surface area contributed by atoms with Crippen LogP contribution in [-0.4, -0.2) is 14.5 Å². The van der Waals surface area contributed by atoms with E-state index in [2.05, 4.69) is 27.5 Å². The smallest absolute Gasteiger partial charge is 0.142 e. The van der Waals surface area contributed by atoms with Crippen LogP contribution in [0, 0.1) is 0 Å². The van der Waals surface area contributed by atoms with Crippen molar-refractivity contribution in [2.45, 2.75) is 13.5 Å². The molecule has 0 aliphatic rings. The first-order chi connectivity index (χ1) is 8.40. The number of hydrogen-bond donors (Lipinski definition) is 0. The van der Waals surface area contributed by atoms with Crippen molar-refractivity contribution in [3.8, 4) is 11.4 Å². The van der Waals surface area contributed by atoms with Crippen molar-refractivity contribution >= 4 is 11.0 Å². The molecule has 0 saturated carbocycles. The Morgan fingerprint density at radius 3 is 2.76 bits per heavy atom. The maximum absolute atomic E-state index is 4.68. The Kier molecular flexibility index (Phi) is 2.37. The van der Waals surface area contributed by atoms with E-state index in [1.165, 1.54) is 5.52 Å². The number of rotatable bonds is 2. The topological polar surface area (TPSA) is 30.7 Å². The summed E-state index contributed by atoms with van der Waals surface area (Å²) in [5.74, 6) is 0.988. The Bertz CT molecular complexity index is 641. The molecular formula is C14H13N3. The van der Waals surface area contributed by atoms with E-state index in [1.54, 1.807) is 6.20 Å². The van der Waals surface area contributed by atoms with Crippen LogP contribution in [0.3, 0.4) is 0 Å². The van der Waals surface area contributed by atoms with Crippen molar-refractivity contribution < 1.29 is 0 Å². The van der Waals surface area contributed by atoms with Gasteiger partial charge in [0.05, 0.1) is 11.0 Å². The zero-order valence-electron chi connectivity index (χ0n) is 9.67. The van der Waals surface area contributed by atoms with E-state index in [0.29, 0.717) is 0 Å².